The van der Waals surface area contributed by atoms with Gasteiger partial charge in [0.1, 0.15) is 10.8 Å². The van der Waals surface area contributed by atoms with Crippen LogP contribution in [-0.2, 0) is 4.79 Å². The lowest BCUT2D eigenvalue weighted by atomic mass is 9.99. The maximum atomic E-state index is 12.2. The monoisotopic (exact) mass is 357 g/mol. The molecule has 0 N–H and O–H groups in total. The molecule has 0 aliphatic carbocycles. The Morgan fingerprint density at radius 1 is 1.26 bits per heavy atom. The first-order chi connectivity index (χ1) is 11.0. The molecule has 1 fully saturated rings. The number of nitrogens with zero attached hydrogens (tertiary/aromatic N) is 1. The van der Waals surface area contributed by atoms with E-state index in [1.807, 2.05) is 6.08 Å². The molecule has 1 aromatic carbocycles. The third-order valence-corrected chi connectivity index (χ3v) is 4.47. The van der Waals surface area contributed by atoms with Crippen LogP contribution >= 0.6 is 23.2 Å². The minimum atomic E-state index is 0.155. The van der Waals surface area contributed by atoms with E-state index in [0.717, 1.165) is 25.1 Å². The number of rotatable bonds is 5. The van der Waals surface area contributed by atoms with Gasteiger partial charge in [0.05, 0.1) is 19.2 Å². The van der Waals surface area contributed by atoms with Gasteiger partial charge in [0.25, 0.3) is 0 Å². The van der Waals surface area contributed by atoms with Gasteiger partial charge in [0.15, 0.2) is 11.5 Å². The van der Waals surface area contributed by atoms with Gasteiger partial charge in [-0.2, -0.15) is 0 Å². The molecule has 1 saturated heterocycles. The first kappa shape index (κ1) is 18.1. The Morgan fingerprint density at radius 2 is 1.96 bits per heavy atom. The van der Waals surface area contributed by atoms with Crippen molar-refractivity contribution >= 4 is 35.1 Å². The number of carbonyl (C=O) groups is 1. The molecule has 1 heterocycles. The van der Waals surface area contributed by atoms with Gasteiger partial charge in [-0.25, -0.2) is 0 Å². The lowest BCUT2D eigenvalue weighted by molar-refractivity contribution is -0.117. The van der Waals surface area contributed by atoms with Crippen molar-refractivity contribution in [3.8, 4) is 11.5 Å². The first-order valence-electron chi connectivity index (χ1n) is 7.57. The fourth-order valence-electron chi connectivity index (χ4n) is 2.75. The van der Waals surface area contributed by atoms with Crippen molar-refractivity contribution in [3.63, 3.8) is 0 Å². The van der Waals surface area contributed by atoms with E-state index >= 15 is 0 Å². The summed E-state index contributed by atoms with van der Waals surface area (Å²) in [6.45, 7) is 4.56. The second kappa shape index (κ2) is 8.04. The Morgan fingerprint density at radius 3 is 2.57 bits per heavy atom. The second-order valence-electron chi connectivity index (χ2n) is 5.45. The van der Waals surface area contributed by atoms with Crippen molar-refractivity contribution < 1.29 is 14.3 Å². The highest BCUT2D eigenvalue weighted by molar-refractivity contribution is 6.38. The molecule has 126 valence electrons. The Kier molecular flexibility index (Phi) is 6.33. The Bertz CT molecular complexity index is 629. The highest BCUT2D eigenvalue weighted by atomic mass is 35.5. The van der Waals surface area contributed by atoms with Gasteiger partial charge < -0.3 is 9.47 Å². The fourth-order valence-corrected chi connectivity index (χ4v) is 3.46. The smallest absolute Gasteiger partial charge is 0.161 e. The number of likely N-dealkylation sites (tertiary alicyclic amines) is 1. The van der Waals surface area contributed by atoms with Crippen LogP contribution in [0.3, 0.4) is 0 Å². The van der Waals surface area contributed by atoms with Gasteiger partial charge in [-0.05, 0) is 25.1 Å². The van der Waals surface area contributed by atoms with Gasteiger partial charge in [-0.3, -0.25) is 9.69 Å². The second-order valence-corrected chi connectivity index (χ2v) is 6.23. The van der Waals surface area contributed by atoms with E-state index in [9.17, 15) is 4.79 Å². The van der Waals surface area contributed by atoms with Gasteiger partial charge in [0, 0.05) is 30.6 Å². The highest BCUT2D eigenvalue weighted by Crippen LogP contribution is 2.43. The van der Waals surface area contributed by atoms with Crippen molar-refractivity contribution in [3.05, 3.63) is 27.2 Å². The van der Waals surface area contributed by atoms with Gasteiger partial charge in [0.2, 0.25) is 0 Å². The lowest BCUT2D eigenvalue weighted by Crippen LogP contribution is -2.36. The number of hydrogen-bond donors (Lipinski definition) is 0. The highest BCUT2D eigenvalue weighted by Gasteiger charge is 2.22. The molecule has 0 unspecified atom stereocenters. The molecule has 0 spiro atoms. The van der Waals surface area contributed by atoms with E-state index in [1.165, 1.54) is 14.2 Å². The van der Waals surface area contributed by atoms with Crippen LogP contribution in [0.1, 0.15) is 25.3 Å². The normalized spacial score (nSPS) is 17.6. The molecule has 0 aromatic heterocycles. The average molecular weight is 358 g/mol. The number of hydrogen-bond acceptors (Lipinski definition) is 4. The molecular formula is C17H21Cl2NO3. The number of piperidine rings is 1. The van der Waals surface area contributed by atoms with Crippen LogP contribution in [0.25, 0.3) is 6.08 Å². The zero-order valence-electron chi connectivity index (χ0n) is 13.6. The number of halogens is 2. The lowest BCUT2D eigenvalue weighted by Gasteiger charge is -2.27. The maximum absolute atomic E-state index is 12.2. The Balaban J connectivity index is 2.42. The molecule has 0 atom stereocenters. The van der Waals surface area contributed by atoms with Crippen LogP contribution in [0.4, 0.5) is 0 Å². The van der Waals surface area contributed by atoms with Crippen molar-refractivity contribution in [1.29, 1.82) is 0 Å². The Hall–Kier alpha value is -1.23. The summed E-state index contributed by atoms with van der Waals surface area (Å²) >= 11 is 12.5. The molecule has 1 aromatic rings. The van der Waals surface area contributed by atoms with E-state index < -0.39 is 0 Å². The molecule has 23 heavy (non-hydrogen) atoms. The average Bonchev–Trinajstić information content (AvgIpc) is 2.51. The van der Waals surface area contributed by atoms with Gasteiger partial charge in [-0.15, -0.1) is 0 Å². The maximum Gasteiger partial charge on any atom is 0.161 e. The number of Topliss-reactive ketones (excluding diaryl/α,β-unsaturated/α-hetero) is 1. The molecular weight excluding hydrogens is 337 g/mol. The summed E-state index contributed by atoms with van der Waals surface area (Å²) in [4.78, 5) is 14.5. The third kappa shape index (κ3) is 4.00. The van der Waals surface area contributed by atoms with E-state index in [2.05, 4.69) is 11.8 Å². The van der Waals surface area contributed by atoms with Crippen molar-refractivity contribution in [2.24, 2.45) is 0 Å². The van der Waals surface area contributed by atoms with Gasteiger partial charge in [-0.1, -0.05) is 30.1 Å². The largest absolute Gasteiger partial charge is 0.494 e. The molecule has 2 rings (SSSR count). The number of benzene rings is 1. The summed E-state index contributed by atoms with van der Waals surface area (Å²) in [7, 11) is 3.03. The molecule has 0 radical (unpaired) electrons. The van der Waals surface area contributed by atoms with E-state index in [1.54, 1.807) is 6.07 Å². The number of carbonyl (C=O) groups excluding carboxylic acids is 1. The summed E-state index contributed by atoms with van der Waals surface area (Å²) in [5, 5.41) is 0.696. The summed E-state index contributed by atoms with van der Waals surface area (Å²) in [5.74, 6) is 0.984. The van der Waals surface area contributed by atoms with Crippen LogP contribution in [0.5, 0.6) is 11.5 Å². The quantitative estimate of drug-likeness (QED) is 0.744. The molecule has 4 nitrogen and oxygen atoms in total. The Labute approximate surface area is 147 Å². The minimum Gasteiger partial charge on any atom is -0.494 e. The molecule has 0 amide bonds. The predicted molar refractivity (Wildman–Crippen MR) is 93.9 cm³/mol. The predicted octanol–water partition coefficient (Wildman–Crippen LogP) is 4.08. The minimum absolute atomic E-state index is 0.155. The van der Waals surface area contributed by atoms with E-state index in [0.29, 0.717) is 40.1 Å². The van der Waals surface area contributed by atoms with Crippen LogP contribution in [0, 0.1) is 0 Å². The molecule has 1 aliphatic heterocycles. The van der Waals surface area contributed by atoms with Crippen LogP contribution < -0.4 is 9.47 Å². The molecule has 1 aliphatic rings. The topological polar surface area (TPSA) is 38.8 Å². The summed E-state index contributed by atoms with van der Waals surface area (Å²) in [6.07, 6.45) is 3.41. The van der Waals surface area contributed by atoms with Crippen molar-refractivity contribution in [1.82, 2.24) is 4.90 Å². The number of ether oxygens (including phenoxy) is 2. The zero-order chi connectivity index (χ0) is 17.0. The van der Waals surface area contributed by atoms with Crippen LogP contribution in [0.2, 0.25) is 10.0 Å². The zero-order valence-corrected chi connectivity index (χ0v) is 15.1. The van der Waals surface area contributed by atoms with Gasteiger partial charge >= 0.3 is 0 Å². The van der Waals surface area contributed by atoms with Crippen molar-refractivity contribution in [2.45, 2.75) is 19.8 Å². The molecule has 0 saturated carbocycles. The summed E-state index contributed by atoms with van der Waals surface area (Å²) < 4.78 is 10.6. The SMILES string of the molecule is CCCN1CCC(=O)/C(=C/c2cc(Cl)c(OC)c(Cl)c2OC)C1. The van der Waals surface area contributed by atoms with Crippen LogP contribution in [0.15, 0.2) is 11.6 Å². The third-order valence-electron chi connectivity index (χ3n) is 3.85. The molecule has 0 bridgehead atoms. The molecule has 6 heteroatoms. The number of methoxy groups -OCH3 is 2. The fraction of sp³-hybridized carbons (Fsp3) is 0.471. The standard InChI is InChI=1S/C17H21Cl2NO3/c1-4-6-20-7-5-14(21)12(10-20)8-11-9-13(18)17(23-3)15(19)16(11)22-2/h8-9H,4-7,10H2,1-3H3/b12-8+. The number of ketones is 1. The van der Waals surface area contributed by atoms with Crippen molar-refractivity contribution in [2.75, 3.05) is 33.9 Å². The van der Waals surface area contributed by atoms with E-state index in [-0.39, 0.29) is 5.78 Å². The summed E-state index contributed by atoms with van der Waals surface area (Å²) in [5.41, 5.74) is 1.44. The van der Waals surface area contributed by atoms with Crippen LogP contribution in [-0.4, -0.2) is 44.5 Å². The first-order valence-corrected chi connectivity index (χ1v) is 8.33. The van der Waals surface area contributed by atoms with E-state index in [4.69, 9.17) is 32.7 Å². The summed E-state index contributed by atoms with van der Waals surface area (Å²) in [6, 6.07) is 1.71.